The predicted octanol–water partition coefficient (Wildman–Crippen LogP) is 3.76. The van der Waals surface area contributed by atoms with Crippen LogP contribution in [0, 0.1) is 3.57 Å². The minimum Gasteiger partial charge on any atom is -0.496 e. The molecule has 2 rings (SSSR count). The largest absolute Gasteiger partial charge is 0.496 e. The van der Waals surface area contributed by atoms with Crippen LogP contribution in [-0.4, -0.2) is 22.6 Å². The lowest BCUT2D eigenvalue weighted by Crippen LogP contribution is -2.14. The summed E-state index contributed by atoms with van der Waals surface area (Å²) >= 11 is 7.92. The number of hydrogen-bond acceptors (Lipinski definition) is 4. The highest BCUT2D eigenvalue weighted by Crippen LogP contribution is 2.31. The molecule has 0 amide bonds. The molecular weight excluding hydrogens is 441 g/mol. The molecule has 22 heavy (non-hydrogen) atoms. The molecule has 2 aromatic rings. The van der Waals surface area contributed by atoms with Crippen LogP contribution >= 0.6 is 34.2 Å². The van der Waals surface area contributed by atoms with Crippen molar-refractivity contribution in [3.05, 3.63) is 45.0 Å². The second-order valence-electron chi connectivity index (χ2n) is 4.25. The summed E-state index contributed by atoms with van der Waals surface area (Å²) in [7, 11) is -0.775. The van der Waals surface area contributed by atoms with Crippen molar-refractivity contribution in [2.75, 3.05) is 18.9 Å². The van der Waals surface area contributed by atoms with Crippen molar-refractivity contribution >= 4 is 49.9 Å². The molecule has 5 nitrogen and oxygen atoms in total. The number of methoxy groups -OCH3 is 2. The van der Waals surface area contributed by atoms with Crippen molar-refractivity contribution < 1.29 is 17.9 Å². The zero-order chi connectivity index (χ0) is 16.3. The normalized spacial score (nSPS) is 11.1. The van der Waals surface area contributed by atoms with Crippen molar-refractivity contribution in [3.8, 4) is 11.5 Å². The Morgan fingerprint density at radius 3 is 2.27 bits per heavy atom. The van der Waals surface area contributed by atoms with Gasteiger partial charge in [0.25, 0.3) is 10.0 Å². The Morgan fingerprint density at radius 2 is 1.68 bits per heavy atom. The highest BCUT2D eigenvalue weighted by molar-refractivity contribution is 14.1. The topological polar surface area (TPSA) is 64.6 Å². The lowest BCUT2D eigenvalue weighted by Gasteiger charge is -2.13. The van der Waals surface area contributed by atoms with E-state index in [0.29, 0.717) is 20.1 Å². The van der Waals surface area contributed by atoms with Gasteiger partial charge in [-0.15, -0.1) is 0 Å². The molecule has 0 saturated carbocycles. The van der Waals surface area contributed by atoms with Crippen LogP contribution in [0.5, 0.6) is 11.5 Å². The summed E-state index contributed by atoms with van der Waals surface area (Å²) in [5.41, 5.74) is 0.279. The summed E-state index contributed by atoms with van der Waals surface area (Å²) < 4.78 is 38.4. The summed E-state index contributed by atoms with van der Waals surface area (Å²) in [4.78, 5) is 0.125. The number of ether oxygens (including phenoxy) is 2. The number of anilines is 1. The van der Waals surface area contributed by atoms with Crippen molar-refractivity contribution in [1.82, 2.24) is 0 Å². The van der Waals surface area contributed by atoms with Gasteiger partial charge in [0.2, 0.25) is 0 Å². The second-order valence-corrected chi connectivity index (χ2v) is 7.53. The number of sulfonamides is 1. The van der Waals surface area contributed by atoms with E-state index in [1.807, 2.05) is 22.6 Å². The predicted molar refractivity (Wildman–Crippen MR) is 94.5 cm³/mol. The molecule has 8 heteroatoms. The molecule has 0 aliphatic heterocycles. The fourth-order valence-corrected chi connectivity index (χ4v) is 3.98. The van der Waals surface area contributed by atoms with E-state index in [1.54, 1.807) is 18.2 Å². The summed E-state index contributed by atoms with van der Waals surface area (Å²) in [6.45, 7) is 0. The Morgan fingerprint density at radius 1 is 1.05 bits per heavy atom. The lowest BCUT2D eigenvalue weighted by molar-refractivity contribution is 0.411. The maximum atomic E-state index is 12.5. The van der Waals surface area contributed by atoms with Crippen molar-refractivity contribution in [2.45, 2.75) is 4.90 Å². The van der Waals surface area contributed by atoms with Gasteiger partial charge in [-0.1, -0.05) is 11.6 Å². The van der Waals surface area contributed by atoms with E-state index in [9.17, 15) is 8.42 Å². The smallest absolute Gasteiger partial charge is 0.262 e. The highest BCUT2D eigenvalue weighted by Gasteiger charge is 2.18. The van der Waals surface area contributed by atoms with Gasteiger partial charge in [-0.3, -0.25) is 4.72 Å². The minimum absolute atomic E-state index is 0.125. The first kappa shape index (κ1) is 17.2. The fourth-order valence-electron chi connectivity index (χ4n) is 1.78. The minimum atomic E-state index is -3.76. The molecule has 0 fully saturated rings. The molecule has 0 aliphatic rings. The molecule has 1 N–H and O–H groups in total. The third kappa shape index (κ3) is 3.76. The van der Waals surface area contributed by atoms with Gasteiger partial charge >= 0.3 is 0 Å². The van der Waals surface area contributed by atoms with Crippen LogP contribution in [0.25, 0.3) is 0 Å². The van der Waals surface area contributed by atoms with Gasteiger partial charge in [-0.25, -0.2) is 8.42 Å². The van der Waals surface area contributed by atoms with Crippen LogP contribution in [-0.2, 0) is 10.0 Å². The van der Waals surface area contributed by atoms with E-state index in [-0.39, 0.29) is 10.6 Å². The summed E-state index contributed by atoms with van der Waals surface area (Å²) in [6.07, 6.45) is 0. The van der Waals surface area contributed by atoms with Gasteiger partial charge < -0.3 is 9.47 Å². The Bertz CT molecular complexity index is 795. The second kappa shape index (κ2) is 6.93. The van der Waals surface area contributed by atoms with Gasteiger partial charge in [0, 0.05) is 5.02 Å². The van der Waals surface area contributed by atoms with Crippen LogP contribution in [0.3, 0.4) is 0 Å². The maximum absolute atomic E-state index is 12.5. The van der Waals surface area contributed by atoms with E-state index < -0.39 is 10.0 Å². The lowest BCUT2D eigenvalue weighted by atomic mass is 10.3. The molecule has 0 aliphatic carbocycles. The quantitative estimate of drug-likeness (QED) is 0.700. The molecule has 0 atom stereocenters. The molecular formula is C14H13ClINO4S. The Kier molecular flexibility index (Phi) is 5.41. The van der Waals surface area contributed by atoms with Gasteiger partial charge in [-0.05, 0) is 59.0 Å². The summed E-state index contributed by atoms with van der Waals surface area (Å²) in [6, 6.07) is 9.31. The number of rotatable bonds is 5. The average molecular weight is 454 g/mol. The monoisotopic (exact) mass is 453 g/mol. The SMILES string of the molecule is COc1ccc(S(=O)(=O)Nc2cc(Cl)ccc2OC)cc1I. The van der Waals surface area contributed by atoms with E-state index in [2.05, 4.69) is 4.72 Å². The first-order chi connectivity index (χ1) is 10.4. The van der Waals surface area contributed by atoms with E-state index >= 15 is 0 Å². The first-order valence-electron chi connectivity index (χ1n) is 6.07. The molecule has 0 unspecified atom stereocenters. The first-order valence-corrected chi connectivity index (χ1v) is 9.01. The molecule has 0 radical (unpaired) electrons. The molecule has 0 aromatic heterocycles. The number of nitrogens with one attached hydrogen (secondary N) is 1. The van der Waals surface area contributed by atoms with Crippen LogP contribution in [0.1, 0.15) is 0 Å². The van der Waals surface area contributed by atoms with Gasteiger partial charge in [0.05, 0.1) is 28.4 Å². The van der Waals surface area contributed by atoms with E-state index in [0.717, 1.165) is 0 Å². The van der Waals surface area contributed by atoms with Gasteiger partial charge in [0.15, 0.2) is 0 Å². The molecule has 0 heterocycles. The molecule has 2 aromatic carbocycles. The Labute approximate surface area is 147 Å². The van der Waals surface area contributed by atoms with Gasteiger partial charge in [0.1, 0.15) is 11.5 Å². The fraction of sp³-hybridized carbons (Fsp3) is 0.143. The molecule has 118 valence electrons. The van der Waals surface area contributed by atoms with Crippen molar-refractivity contribution in [1.29, 1.82) is 0 Å². The molecule has 0 spiro atoms. The van der Waals surface area contributed by atoms with Crippen LogP contribution < -0.4 is 14.2 Å². The zero-order valence-electron chi connectivity index (χ0n) is 11.8. The summed E-state index contributed by atoms with van der Waals surface area (Å²) in [5.74, 6) is 0.996. The van der Waals surface area contributed by atoms with Crippen LogP contribution in [0.15, 0.2) is 41.3 Å². The van der Waals surface area contributed by atoms with Crippen LogP contribution in [0.2, 0.25) is 5.02 Å². The Balaban J connectivity index is 2.40. The standard InChI is InChI=1S/C14H13ClINO4S/c1-20-13-6-4-10(8-11(13)16)22(18,19)17-12-7-9(15)3-5-14(12)21-2/h3-8,17H,1-2H3. The van der Waals surface area contributed by atoms with E-state index in [1.165, 1.54) is 32.4 Å². The summed E-state index contributed by atoms with van der Waals surface area (Å²) in [5, 5.41) is 0.405. The maximum Gasteiger partial charge on any atom is 0.262 e. The molecule has 0 bridgehead atoms. The van der Waals surface area contributed by atoms with Crippen molar-refractivity contribution in [2.24, 2.45) is 0 Å². The van der Waals surface area contributed by atoms with E-state index in [4.69, 9.17) is 21.1 Å². The number of benzene rings is 2. The molecule has 0 saturated heterocycles. The van der Waals surface area contributed by atoms with Crippen LogP contribution in [0.4, 0.5) is 5.69 Å². The Hall–Kier alpha value is -1.19. The average Bonchev–Trinajstić information content (AvgIpc) is 2.47. The highest BCUT2D eigenvalue weighted by atomic mass is 127. The zero-order valence-corrected chi connectivity index (χ0v) is 15.5. The van der Waals surface area contributed by atoms with Gasteiger partial charge in [-0.2, -0.15) is 0 Å². The number of halogens is 2. The third-order valence-corrected chi connectivity index (χ3v) is 5.28. The third-order valence-electron chi connectivity index (χ3n) is 2.84. The van der Waals surface area contributed by atoms with Crippen molar-refractivity contribution in [3.63, 3.8) is 0 Å². The number of hydrogen-bond donors (Lipinski definition) is 1.